The van der Waals surface area contributed by atoms with Crippen molar-refractivity contribution in [2.45, 2.75) is 123 Å². The molecule has 0 aromatic heterocycles. The molecule has 0 aliphatic carbocycles. The third kappa shape index (κ3) is 12.2. The number of carbonyl (C=O) groups is 5. The molecule has 0 bridgehead atoms. The van der Waals surface area contributed by atoms with Crippen LogP contribution in [0.2, 0.25) is 0 Å². The summed E-state index contributed by atoms with van der Waals surface area (Å²) in [5.74, 6) is -3.98. The average Bonchev–Trinajstić information content (AvgIpc) is 3.59. The number of likely N-dealkylation sites (tertiary alicyclic amines) is 1. The van der Waals surface area contributed by atoms with Gasteiger partial charge in [-0.25, -0.2) is 4.79 Å². The van der Waals surface area contributed by atoms with Gasteiger partial charge < -0.3 is 40.2 Å². The molecular weight excluding hydrogens is 682 g/mol. The van der Waals surface area contributed by atoms with E-state index in [0.29, 0.717) is 25.8 Å². The first-order valence-corrected chi connectivity index (χ1v) is 18.8. The van der Waals surface area contributed by atoms with E-state index in [2.05, 4.69) is 10.6 Å². The van der Waals surface area contributed by atoms with Gasteiger partial charge in [0.05, 0.1) is 36.6 Å². The van der Waals surface area contributed by atoms with E-state index in [4.69, 9.17) is 9.47 Å². The topological polar surface area (TPSA) is 178 Å². The molecule has 1 aliphatic heterocycles. The van der Waals surface area contributed by atoms with Crippen LogP contribution in [-0.2, 0) is 39.9 Å². The highest BCUT2D eigenvalue weighted by Crippen LogP contribution is 2.30. The van der Waals surface area contributed by atoms with Gasteiger partial charge in [0, 0.05) is 41.3 Å². The number of aliphatic carboxylic acids is 1. The predicted molar refractivity (Wildman–Crippen MR) is 201 cm³/mol. The van der Waals surface area contributed by atoms with Crippen molar-refractivity contribution in [3.05, 3.63) is 35.9 Å². The van der Waals surface area contributed by atoms with Crippen LogP contribution in [0.3, 0.4) is 0 Å². The van der Waals surface area contributed by atoms with E-state index < -0.39 is 66.1 Å². The smallest absolute Gasteiger partial charge is 0.326 e. The monoisotopic (exact) mass is 747 g/mol. The van der Waals surface area contributed by atoms with Gasteiger partial charge in [0.2, 0.25) is 23.6 Å². The second-order valence-corrected chi connectivity index (χ2v) is 15.2. The summed E-state index contributed by atoms with van der Waals surface area (Å²) in [6.07, 6.45) is 0.651. The number of amides is 4. The van der Waals surface area contributed by atoms with Gasteiger partial charge >= 0.3 is 5.97 Å². The lowest BCUT2D eigenvalue weighted by atomic mass is 9.89. The van der Waals surface area contributed by atoms with Gasteiger partial charge in [-0.2, -0.15) is 5.06 Å². The summed E-state index contributed by atoms with van der Waals surface area (Å²) >= 11 is 0. The molecule has 0 saturated carbocycles. The Balaban J connectivity index is 2.27. The lowest BCUT2D eigenvalue weighted by Crippen LogP contribution is -2.59. The first-order valence-electron chi connectivity index (χ1n) is 18.8. The number of nitrogens with zero attached hydrogens (tertiary/aromatic N) is 3. The molecule has 2 rings (SSSR count). The number of carboxylic acids is 1. The highest BCUT2D eigenvalue weighted by molar-refractivity contribution is 5.90. The summed E-state index contributed by atoms with van der Waals surface area (Å²) < 4.78 is 11.8. The molecule has 4 N–H and O–H groups in total. The minimum Gasteiger partial charge on any atom is -0.480 e. The molecule has 9 atom stereocenters. The van der Waals surface area contributed by atoms with Crippen molar-refractivity contribution in [1.29, 1.82) is 0 Å². The quantitative estimate of drug-likeness (QED) is 0.137. The molecular formula is C39H65N5O9. The summed E-state index contributed by atoms with van der Waals surface area (Å²) in [5.41, 5.74) is 0.776. The zero-order valence-electron chi connectivity index (χ0n) is 33.6. The van der Waals surface area contributed by atoms with Gasteiger partial charge in [-0.3, -0.25) is 19.2 Å². The van der Waals surface area contributed by atoms with Gasteiger partial charge in [-0.15, -0.1) is 0 Å². The Morgan fingerprint density at radius 3 is 2.04 bits per heavy atom. The molecule has 4 amide bonds. The fourth-order valence-corrected chi connectivity index (χ4v) is 7.53. The number of methoxy groups -OCH3 is 2. The highest BCUT2D eigenvalue weighted by Gasteiger charge is 2.43. The number of ether oxygens (including phenoxy) is 2. The SMILES string of the molecule is CC[C@H](C)[C@@H]([C@@H](CC(=O)N1CCC[C@H]1[C@H](OC)[C@@H](C)C(=O)N[C@@H](Cc1ccccc1)C(=O)O)OC)N(C)C(=O)[C@@H](NC(=O)[C@H](C(C)C)N(C)O)C(C)C. The fraction of sp³-hybridized carbons (Fsp3) is 0.718. The maximum absolute atomic E-state index is 14.1. The van der Waals surface area contributed by atoms with E-state index >= 15 is 0 Å². The molecule has 0 unspecified atom stereocenters. The summed E-state index contributed by atoms with van der Waals surface area (Å²) in [6.45, 7) is 13.4. The Morgan fingerprint density at radius 2 is 1.55 bits per heavy atom. The standard InChI is InChI=1S/C39H65N5O9/c1-12-25(6)34(42(8)38(48)32(23(2)3)41-37(47)33(24(4)5)43(9)51)30(52-10)22-31(45)44-20-16-19-29(44)35(53-11)26(7)36(46)40-28(39(49)50)21-27-17-14-13-15-18-27/h13-15,17-18,23-26,28-30,32-35,51H,12,16,19-22H2,1-11H3,(H,40,46)(H,41,47)(H,49,50)/t25-,26+,28-,29-,30+,32-,33-,34-,35+/m0/s1. The predicted octanol–water partition coefficient (Wildman–Crippen LogP) is 3.21. The van der Waals surface area contributed by atoms with Crippen molar-refractivity contribution in [2.75, 3.05) is 34.9 Å². The lowest BCUT2D eigenvalue weighted by molar-refractivity contribution is -0.156. The van der Waals surface area contributed by atoms with Crippen LogP contribution in [0.1, 0.15) is 79.7 Å². The van der Waals surface area contributed by atoms with Gasteiger partial charge in [-0.05, 0) is 36.2 Å². The van der Waals surface area contributed by atoms with Crippen LogP contribution >= 0.6 is 0 Å². The van der Waals surface area contributed by atoms with E-state index in [1.54, 1.807) is 35.9 Å². The Morgan fingerprint density at radius 1 is 0.925 bits per heavy atom. The van der Waals surface area contributed by atoms with E-state index in [1.165, 1.54) is 21.3 Å². The van der Waals surface area contributed by atoms with Gasteiger partial charge in [-0.1, -0.05) is 85.2 Å². The normalized spacial score (nSPS) is 19.2. The molecule has 1 saturated heterocycles. The minimum atomic E-state index is -1.15. The molecule has 14 nitrogen and oxygen atoms in total. The van der Waals surface area contributed by atoms with Crippen molar-refractivity contribution >= 4 is 29.6 Å². The number of nitrogens with one attached hydrogen (secondary N) is 2. The summed E-state index contributed by atoms with van der Waals surface area (Å²) in [5, 5.41) is 26.4. The van der Waals surface area contributed by atoms with Crippen LogP contribution in [0, 0.1) is 23.7 Å². The third-order valence-corrected chi connectivity index (χ3v) is 10.7. The first-order chi connectivity index (χ1) is 24.9. The maximum atomic E-state index is 14.1. The van der Waals surface area contributed by atoms with Crippen LogP contribution in [0.25, 0.3) is 0 Å². The molecule has 1 aromatic rings. The second kappa shape index (κ2) is 21.3. The molecule has 1 aromatic carbocycles. The molecule has 1 fully saturated rings. The summed E-state index contributed by atoms with van der Waals surface area (Å²) in [7, 11) is 6.06. The van der Waals surface area contributed by atoms with Crippen molar-refractivity contribution in [3.8, 4) is 0 Å². The van der Waals surface area contributed by atoms with E-state index in [1.807, 2.05) is 59.7 Å². The Kier molecular flexibility index (Phi) is 18.3. The number of likely N-dealkylation sites (N-methyl/N-ethyl adjacent to an activating group) is 2. The summed E-state index contributed by atoms with van der Waals surface area (Å²) in [6, 6.07) is 5.22. The van der Waals surface area contributed by atoms with Crippen molar-refractivity contribution in [1.82, 2.24) is 25.5 Å². The second-order valence-electron chi connectivity index (χ2n) is 15.2. The first kappa shape index (κ1) is 45.6. The Bertz CT molecular complexity index is 1340. The molecule has 53 heavy (non-hydrogen) atoms. The largest absolute Gasteiger partial charge is 0.480 e. The van der Waals surface area contributed by atoms with E-state index in [9.17, 15) is 34.3 Å². The molecule has 14 heteroatoms. The Hall–Kier alpha value is -3.59. The number of carboxylic acid groups (broad SMARTS) is 1. The fourth-order valence-electron chi connectivity index (χ4n) is 7.53. The van der Waals surface area contributed by atoms with Crippen LogP contribution in [0.5, 0.6) is 0 Å². The van der Waals surface area contributed by atoms with Crippen molar-refractivity contribution < 1.29 is 43.8 Å². The van der Waals surface area contributed by atoms with Crippen LogP contribution < -0.4 is 10.6 Å². The van der Waals surface area contributed by atoms with Gasteiger partial charge in [0.15, 0.2) is 0 Å². The number of rotatable bonds is 21. The highest BCUT2D eigenvalue weighted by atomic mass is 16.5. The molecule has 0 radical (unpaired) electrons. The zero-order chi connectivity index (χ0) is 40.2. The summed E-state index contributed by atoms with van der Waals surface area (Å²) in [4.78, 5) is 70.3. The Labute approximate surface area is 315 Å². The maximum Gasteiger partial charge on any atom is 0.326 e. The van der Waals surface area contributed by atoms with Crippen LogP contribution in [-0.4, -0.2) is 132 Å². The van der Waals surface area contributed by atoms with Crippen molar-refractivity contribution in [3.63, 3.8) is 0 Å². The number of hydrogen-bond acceptors (Lipinski definition) is 9. The van der Waals surface area contributed by atoms with Crippen LogP contribution in [0.15, 0.2) is 30.3 Å². The van der Waals surface area contributed by atoms with Gasteiger partial charge in [0.1, 0.15) is 18.1 Å². The number of benzene rings is 1. The number of carbonyl (C=O) groups excluding carboxylic acids is 4. The number of hydrogen-bond donors (Lipinski definition) is 4. The number of hydroxylamine groups is 2. The van der Waals surface area contributed by atoms with E-state index in [-0.39, 0.29) is 42.4 Å². The molecule has 1 aliphatic rings. The lowest BCUT2D eigenvalue weighted by Gasteiger charge is -2.41. The third-order valence-electron chi connectivity index (χ3n) is 10.7. The zero-order valence-corrected chi connectivity index (χ0v) is 33.6. The average molecular weight is 748 g/mol. The molecule has 0 spiro atoms. The van der Waals surface area contributed by atoms with Gasteiger partial charge in [0.25, 0.3) is 0 Å². The molecule has 1 heterocycles. The minimum absolute atomic E-state index is 0.0434. The molecule has 300 valence electrons. The van der Waals surface area contributed by atoms with E-state index in [0.717, 1.165) is 10.6 Å². The van der Waals surface area contributed by atoms with Crippen LogP contribution in [0.4, 0.5) is 0 Å². The van der Waals surface area contributed by atoms with Crippen molar-refractivity contribution in [2.24, 2.45) is 23.7 Å².